The maximum absolute atomic E-state index is 12.9. The Balaban J connectivity index is 1.45. The molecule has 1 amide bonds. The number of carbonyl (C=O) groups is 1. The molecule has 0 fully saturated rings. The number of benzene rings is 2. The molecule has 0 aliphatic carbocycles. The zero-order valence-electron chi connectivity index (χ0n) is 21.2. The van der Waals surface area contributed by atoms with E-state index < -0.39 is 0 Å². The van der Waals surface area contributed by atoms with Gasteiger partial charge in [0.05, 0.1) is 12.5 Å². The lowest BCUT2D eigenvalue weighted by atomic mass is 10.0. The highest BCUT2D eigenvalue weighted by Gasteiger charge is 2.18. The number of fused-ring (bicyclic) bond motifs is 2. The van der Waals surface area contributed by atoms with E-state index in [2.05, 4.69) is 49.7 Å². The van der Waals surface area contributed by atoms with Crippen LogP contribution in [0.2, 0.25) is 0 Å². The SMILES string of the molecule is COc1ccc2cc1OCC(=O)N[C@@H](Cc1ccccc1)CN(C)CCCc1c[nH]c3ncnc(c13)N2. The molecule has 3 heterocycles. The van der Waals surface area contributed by atoms with Gasteiger partial charge in [0.25, 0.3) is 5.91 Å². The molecule has 0 saturated heterocycles. The van der Waals surface area contributed by atoms with Crippen molar-refractivity contribution in [2.24, 2.45) is 0 Å². The van der Waals surface area contributed by atoms with E-state index in [-0.39, 0.29) is 18.6 Å². The summed E-state index contributed by atoms with van der Waals surface area (Å²) in [4.78, 5) is 27.4. The van der Waals surface area contributed by atoms with E-state index >= 15 is 0 Å². The molecule has 1 aliphatic heterocycles. The first kappa shape index (κ1) is 24.6. The smallest absolute Gasteiger partial charge is 0.258 e. The minimum Gasteiger partial charge on any atom is -0.493 e. The molecule has 0 spiro atoms. The highest BCUT2D eigenvalue weighted by molar-refractivity contribution is 5.92. The van der Waals surface area contributed by atoms with Gasteiger partial charge in [0, 0.05) is 30.5 Å². The Labute approximate surface area is 216 Å². The van der Waals surface area contributed by atoms with Crippen LogP contribution in [0.25, 0.3) is 11.0 Å². The monoisotopic (exact) mass is 500 g/mol. The van der Waals surface area contributed by atoms with Crippen LogP contribution < -0.4 is 20.1 Å². The van der Waals surface area contributed by atoms with Gasteiger partial charge in [-0.1, -0.05) is 30.3 Å². The minimum absolute atomic E-state index is 0.0535. The Morgan fingerprint density at radius 3 is 2.86 bits per heavy atom. The molecular weight excluding hydrogens is 468 g/mol. The van der Waals surface area contributed by atoms with Crippen molar-refractivity contribution < 1.29 is 14.3 Å². The van der Waals surface area contributed by atoms with Gasteiger partial charge in [-0.25, -0.2) is 9.97 Å². The molecule has 1 atom stereocenters. The van der Waals surface area contributed by atoms with E-state index in [1.165, 1.54) is 5.56 Å². The number of rotatable bonds is 3. The van der Waals surface area contributed by atoms with E-state index in [1.807, 2.05) is 42.6 Å². The summed E-state index contributed by atoms with van der Waals surface area (Å²) in [6.07, 6.45) is 6.13. The topological polar surface area (TPSA) is 104 Å². The number of hydrogen-bond donors (Lipinski definition) is 3. The van der Waals surface area contributed by atoms with Gasteiger partial charge in [0.15, 0.2) is 18.1 Å². The molecule has 5 rings (SSSR count). The number of aryl methyl sites for hydroxylation is 1. The van der Waals surface area contributed by atoms with Crippen LogP contribution in [-0.4, -0.2) is 65.7 Å². The second kappa shape index (κ2) is 11.3. The maximum Gasteiger partial charge on any atom is 0.258 e. The molecule has 2 aromatic heterocycles. The number of nitrogens with zero attached hydrogens (tertiary/aromatic N) is 3. The van der Waals surface area contributed by atoms with E-state index in [1.54, 1.807) is 13.4 Å². The largest absolute Gasteiger partial charge is 0.493 e. The number of nitrogens with one attached hydrogen (secondary N) is 3. The Kier molecular flexibility index (Phi) is 7.51. The van der Waals surface area contributed by atoms with Gasteiger partial charge in [-0.3, -0.25) is 4.79 Å². The summed E-state index contributed by atoms with van der Waals surface area (Å²) < 4.78 is 11.4. The van der Waals surface area contributed by atoms with Crippen molar-refractivity contribution in [2.45, 2.75) is 25.3 Å². The summed E-state index contributed by atoms with van der Waals surface area (Å²) in [5, 5.41) is 7.55. The molecule has 37 heavy (non-hydrogen) atoms. The Morgan fingerprint density at radius 2 is 2.03 bits per heavy atom. The van der Waals surface area contributed by atoms with Crippen molar-refractivity contribution in [3.8, 4) is 11.5 Å². The number of likely N-dealkylation sites (N-methyl/N-ethyl adjacent to an activating group) is 1. The second-order valence-corrected chi connectivity index (χ2v) is 9.36. The van der Waals surface area contributed by atoms with Gasteiger partial charge >= 0.3 is 0 Å². The number of methoxy groups -OCH3 is 1. The number of hydrogen-bond acceptors (Lipinski definition) is 7. The van der Waals surface area contributed by atoms with Crippen molar-refractivity contribution in [3.63, 3.8) is 0 Å². The molecule has 3 N–H and O–H groups in total. The first-order chi connectivity index (χ1) is 18.1. The van der Waals surface area contributed by atoms with Crippen LogP contribution in [0.5, 0.6) is 11.5 Å². The van der Waals surface area contributed by atoms with E-state index in [0.717, 1.165) is 60.5 Å². The second-order valence-electron chi connectivity index (χ2n) is 9.36. The summed E-state index contributed by atoms with van der Waals surface area (Å²) in [6, 6.07) is 15.7. The fraction of sp³-hybridized carbons (Fsp3) is 0.321. The third-order valence-electron chi connectivity index (χ3n) is 6.54. The van der Waals surface area contributed by atoms with Crippen LogP contribution >= 0.6 is 0 Å². The van der Waals surface area contributed by atoms with Gasteiger partial charge in [-0.15, -0.1) is 0 Å². The molecule has 0 radical (unpaired) electrons. The van der Waals surface area contributed by atoms with Crippen molar-refractivity contribution in [3.05, 3.63) is 72.2 Å². The lowest BCUT2D eigenvalue weighted by molar-refractivity contribution is -0.123. The molecule has 2 aromatic carbocycles. The summed E-state index contributed by atoms with van der Waals surface area (Å²) in [5.41, 5.74) is 3.91. The number of aromatic amines is 1. The normalized spacial score (nSPS) is 17.4. The van der Waals surface area contributed by atoms with Crippen LogP contribution in [-0.2, 0) is 17.6 Å². The Hall–Kier alpha value is -4.11. The molecule has 0 saturated carbocycles. The predicted octanol–water partition coefficient (Wildman–Crippen LogP) is 3.69. The van der Waals surface area contributed by atoms with Crippen LogP contribution in [0.1, 0.15) is 17.5 Å². The van der Waals surface area contributed by atoms with Gasteiger partial charge in [-0.05, 0) is 56.1 Å². The van der Waals surface area contributed by atoms with Gasteiger partial charge in [0.1, 0.15) is 17.8 Å². The van der Waals surface area contributed by atoms with Crippen LogP contribution in [0.3, 0.4) is 0 Å². The number of H-pyrrole nitrogens is 1. The Bertz CT molecular complexity index is 1360. The van der Waals surface area contributed by atoms with E-state index in [9.17, 15) is 4.79 Å². The first-order valence-electron chi connectivity index (χ1n) is 12.5. The summed E-state index contributed by atoms with van der Waals surface area (Å²) >= 11 is 0. The van der Waals surface area contributed by atoms with Crippen molar-refractivity contribution in [1.82, 2.24) is 25.2 Å². The molecule has 192 valence electrons. The average Bonchev–Trinajstić information content (AvgIpc) is 3.32. The zero-order chi connectivity index (χ0) is 25.6. The summed E-state index contributed by atoms with van der Waals surface area (Å²) in [5.74, 6) is 1.57. The molecule has 1 aliphatic rings. The third-order valence-corrected chi connectivity index (χ3v) is 6.54. The highest BCUT2D eigenvalue weighted by atomic mass is 16.5. The van der Waals surface area contributed by atoms with Crippen LogP contribution in [0.15, 0.2) is 61.1 Å². The average molecular weight is 501 g/mol. The molecule has 0 unspecified atom stereocenters. The number of aromatic nitrogens is 3. The maximum atomic E-state index is 12.9. The van der Waals surface area contributed by atoms with Crippen LogP contribution in [0.4, 0.5) is 11.5 Å². The summed E-state index contributed by atoms with van der Waals surface area (Å²) in [7, 11) is 3.67. The number of carbonyl (C=O) groups excluding carboxylic acids is 1. The summed E-state index contributed by atoms with van der Waals surface area (Å²) in [6.45, 7) is 1.50. The fourth-order valence-electron chi connectivity index (χ4n) is 4.80. The molecular formula is C28H32N6O3. The standard InChI is InChI=1S/C28H32N6O3/c1-34-12-6-9-20-15-29-27-26(20)28(31-18-30-27)33-21-10-11-23(36-2)24(14-21)37-17-25(35)32-22(16-34)13-19-7-4-3-5-8-19/h3-5,7-8,10-11,14-15,18,22H,6,9,12-13,16-17H2,1-2H3,(H,32,35)(H2,29,30,31,33)/t22-/m0/s1. The van der Waals surface area contributed by atoms with Crippen LogP contribution in [0, 0.1) is 0 Å². The quantitative estimate of drug-likeness (QED) is 0.394. The number of ether oxygens (including phenoxy) is 2. The van der Waals surface area contributed by atoms with E-state index in [0.29, 0.717) is 11.5 Å². The Morgan fingerprint density at radius 1 is 1.16 bits per heavy atom. The van der Waals surface area contributed by atoms with Crippen molar-refractivity contribution in [2.75, 3.05) is 39.2 Å². The number of amides is 1. The van der Waals surface area contributed by atoms with Crippen molar-refractivity contribution in [1.29, 1.82) is 0 Å². The lowest BCUT2D eigenvalue weighted by Crippen LogP contribution is -2.45. The zero-order valence-corrected chi connectivity index (χ0v) is 21.2. The highest BCUT2D eigenvalue weighted by Crippen LogP contribution is 2.33. The molecule has 2 bridgehead atoms. The number of anilines is 2. The first-order valence-corrected chi connectivity index (χ1v) is 12.5. The molecule has 9 nitrogen and oxygen atoms in total. The predicted molar refractivity (Wildman–Crippen MR) is 144 cm³/mol. The third kappa shape index (κ3) is 6.00. The minimum atomic E-state index is -0.174. The van der Waals surface area contributed by atoms with Crippen molar-refractivity contribution >= 4 is 28.4 Å². The van der Waals surface area contributed by atoms with Gasteiger partial charge in [0.2, 0.25) is 0 Å². The fourth-order valence-corrected chi connectivity index (χ4v) is 4.80. The molecule has 9 heteroatoms. The van der Waals surface area contributed by atoms with Gasteiger partial charge < -0.3 is 30.0 Å². The molecule has 4 aromatic rings. The van der Waals surface area contributed by atoms with Gasteiger partial charge in [-0.2, -0.15) is 0 Å². The lowest BCUT2D eigenvalue weighted by Gasteiger charge is -2.25. The van der Waals surface area contributed by atoms with E-state index in [4.69, 9.17) is 9.47 Å².